The monoisotopic (exact) mass is 486 g/mol. The standard InChI is InChI=1S/C24H26N2O7S/c1-15-4-9-21(10-16(15)2)34(29,30)26-13-18(27)11-23(26)24(28)32-14-20-12-22(25-33-20)17-5-7-19(31-3)8-6-17/h4-10,12,18,23,27H,11,13-14H2,1-3H3/t18-,23+/m0/s1. The molecule has 1 N–H and O–H groups in total. The first-order valence-corrected chi connectivity index (χ1v) is 12.2. The molecule has 1 aliphatic rings. The van der Waals surface area contributed by atoms with Gasteiger partial charge in [0.1, 0.15) is 17.5 Å². The predicted octanol–water partition coefficient (Wildman–Crippen LogP) is 2.83. The molecule has 1 saturated heterocycles. The predicted molar refractivity (Wildman–Crippen MR) is 123 cm³/mol. The summed E-state index contributed by atoms with van der Waals surface area (Å²) in [5, 5.41) is 14.1. The number of aryl methyl sites for hydroxylation is 2. The summed E-state index contributed by atoms with van der Waals surface area (Å²) in [5.74, 6) is 0.257. The Morgan fingerprint density at radius 3 is 2.56 bits per heavy atom. The summed E-state index contributed by atoms with van der Waals surface area (Å²) in [4.78, 5) is 12.9. The zero-order valence-electron chi connectivity index (χ0n) is 19.1. The van der Waals surface area contributed by atoms with Crippen LogP contribution in [-0.4, -0.2) is 54.8 Å². The van der Waals surface area contributed by atoms with Crippen LogP contribution in [0.3, 0.4) is 0 Å². The lowest BCUT2D eigenvalue weighted by Crippen LogP contribution is -2.41. The number of sulfonamides is 1. The lowest BCUT2D eigenvalue weighted by atomic mass is 10.1. The van der Waals surface area contributed by atoms with Crippen molar-refractivity contribution in [2.45, 2.75) is 43.9 Å². The lowest BCUT2D eigenvalue weighted by molar-refractivity contribution is -0.149. The molecule has 0 saturated carbocycles. The third-order valence-electron chi connectivity index (χ3n) is 5.89. The lowest BCUT2D eigenvalue weighted by Gasteiger charge is -2.22. The van der Waals surface area contributed by atoms with Crippen molar-refractivity contribution < 1.29 is 32.3 Å². The van der Waals surface area contributed by atoms with Crippen molar-refractivity contribution in [3.8, 4) is 17.0 Å². The SMILES string of the molecule is COc1ccc(-c2cc(COC(=O)[C@H]3C[C@H](O)CN3S(=O)(=O)c3ccc(C)c(C)c3)on2)cc1. The largest absolute Gasteiger partial charge is 0.497 e. The van der Waals surface area contributed by atoms with E-state index in [1.165, 1.54) is 6.07 Å². The number of aromatic nitrogens is 1. The molecular formula is C24H26N2O7S. The molecule has 4 rings (SSSR count). The van der Waals surface area contributed by atoms with Gasteiger partial charge >= 0.3 is 5.97 Å². The molecule has 9 nitrogen and oxygen atoms in total. The van der Waals surface area contributed by atoms with Crippen LogP contribution in [0.15, 0.2) is 57.9 Å². The minimum absolute atomic E-state index is 0.0452. The maximum Gasteiger partial charge on any atom is 0.325 e. The van der Waals surface area contributed by atoms with E-state index in [1.807, 2.05) is 26.0 Å². The summed E-state index contributed by atoms with van der Waals surface area (Å²) in [7, 11) is -2.42. The Bertz CT molecular complexity index is 1280. The van der Waals surface area contributed by atoms with E-state index >= 15 is 0 Å². The molecule has 0 amide bonds. The average Bonchev–Trinajstić information content (AvgIpc) is 3.46. The number of β-amino-alcohol motifs (C(OH)–C–C–N with tert-alkyl or cyclic N) is 1. The highest BCUT2D eigenvalue weighted by Crippen LogP contribution is 2.29. The molecule has 2 aromatic carbocycles. The van der Waals surface area contributed by atoms with Gasteiger partial charge in [0, 0.05) is 24.6 Å². The number of aliphatic hydroxyl groups is 1. The van der Waals surface area contributed by atoms with E-state index < -0.39 is 28.1 Å². The van der Waals surface area contributed by atoms with Gasteiger partial charge in [0.2, 0.25) is 10.0 Å². The summed E-state index contributed by atoms with van der Waals surface area (Å²) in [6, 6.07) is 12.5. The summed E-state index contributed by atoms with van der Waals surface area (Å²) < 4.78 is 43.2. The topological polar surface area (TPSA) is 119 Å². The fourth-order valence-electron chi connectivity index (χ4n) is 3.79. The number of carbonyl (C=O) groups excluding carboxylic acids is 1. The van der Waals surface area contributed by atoms with Gasteiger partial charge in [-0.15, -0.1) is 0 Å². The normalized spacial score (nSPS) is 18.7. The van der Waals surface area contributed by atoms with Gasteiger partial charge in [-0.3, -0.25) is 4.79 Å². The van der Waals surface area contributed by atoms with Gasteiger partial charge in [-0.2, -0.15) is 4.31 Å². The van der Waals surface area contributed by atoms with Crippen molar-refractivity contribution in [2.24, 2.45) is 0 Å². The summed E-state index contributed by atoms with van der Waals surface area (Å²) in [6.45, 7) is 3.30. The minimum Gasteiger partial charge on any atom is -0.497 e. The number of rotatable bonds is 7. The molecule has 34 heavy (non-hydrogen) atoms. The molecular weight excluding hydrogens is 460 g/mol. The summed E-state index contributed by atoms with van der Waals surface area (Å²) >= 11 is 0. The van der Waals surface area contributed by atoms with E-state index in [0.29, 0.717) is 17.2 Å². The number of carbonyl (C=O) groups is 1. The van der Waals surface area contributed by atoms with Gasteiger partial charge in [0.05, 0.1) is 18.1 Å². The van der Waals surface area contributed by atoms with E-state index in [9.17, 15) is 18.3 Å². The first-order chi connectivity index (χ1) is 16.2. The first-order valence-electron chi connectivity index (χ1n) is 10.7. The third-order valence-corrected chi connectivity index (χ3v) is 7.76. The van der Waals surface area contributed by atoms with Crippen molar-refractivity contribution in [3.63, 3.8) is 0 Å². The van der Waals surface area contributed by atoms with Crippen LogP contribution < -0.4 is 4.74 Å². The Kier molecular flexibility index (Phi) is 6.74. The molecule has 2 atom stereocenters. The molecule has 0 spiro atoms. The Morgan fingerprint density at radius 1 is 1.15 bits per heavy atom. The van der Waals surface area contributed by atoms with Crippen LogP contribution in [0.5, 0.6) is 5.75 Å². The number of hydrogen-bond donors (Lipinski definition) is 1. The van der Waals surface area contributed by atoms with Crippen molar-refractivity contribution in [1.82, 2.24) is 9.46 Å². The third kappa shape index (κ3) is 4.84. The van der Waals surface area contributed by atoms with E-state index in [-0.39, 0.29) is 24.5 Å². The molecule has 0 radical (unpaired) electrons. The maximum atomic E-state index is 13.2. The number of esters is 1. The quantitative estimate of drug-likeness (QED) is 0.507. The fourth-order valence-corrected chi connectivity index (χ4v) is 5.50. The zero-order valence-corrected chi connectivity index (χ0v) is 19.9. The van der Waals surface area contributed by atoms with Gasteiger partial charge in [0.15, 0.2) is 12.4 Å². The molecule has 1 aliphatic heterocycles. The minimum atomic E-state index is -4.00. The molecule has 1 fully saturated rings. The first kappa shape index (κ1) is 23.9. The van der Waals surface area contributed by atoms with Gasteiger partial charge in [-0.25, -0.2) is 8.42 Å². The number of aliphatic hydroxyl groups excluding tert-OH is 1. The molecule has 180 valence electrons. The highest BCUT2D eigenvalue weighted by molar-refractivity contribution is 7.89. The van der Waals surface area contributed by atoms with E-state index in [4.69, 9.17) is 14.0 Å². The van der Waals surface area contributed by atoms with Crippen LogP contribution >= 0.6 is 0 Å². The fraction of sp³-hybridized carbons (Fsp3) is 0.333. The van der Waals surface area contributed by atoms with Crippen molar-refractivity contribution >= 4 is 16.0 Å². The van der Waals surface area contributed by atoms with Crippen LogP contribution in [0, 0.1) is 13.8 Å². The van der Waals surface area contributed by atoms with Crippen LogP contribution in [0.4, 0.5) is 0 Å². The molecule has 2 heterocycles. The second kappa shape index (κ2) is 9.57. The van der Waals surface area contributed by atoms with Crippen LogP contribution in [-0.2, 0) is 26.2 Å². The number of methoxy groups -OCH3 is 1. The van der Waals surface area contributed by atoms with Crippen LogP contribution in [0.25, 0.3) is 11.3 Å². The second-order valence-electron chi connectivity index (χ2n) is 8.24. The van der Waals surface area contributed by atoms with E-state index in [1.54, 1.807) is 37.4 Å². The van der Waals surface area contributed by atoms with Crippen molar-refractivity contribution in [3.05, 3.63) is 65.4 Å². The summed E-state index contributed by atoms with van der Waals surface area (Å²) in [6.07, 6.45) is -1.01. The van der Waals surface area contributed by atoms with Gasteiger partial charge in [-0.1, -0.05) is 11.2 Å². The smallest absolute Gasteiger partial charge is 0.325 e. The number of hydrogen-bond acceptors (Lipinski definition) is 8. The number of benzene rings is 2. The van der Waals surface area contributed by atoms with Gasteiger partial charge in [0.25, 0.3) is 0 Å². The highest BCUT2D eigenvalue weighted by atomic mass is 32.2. The Hall–Kier alpha value is -3.21. The summed E-state index contributed by atoms with van der Waals surface area (Å²) in [5.41, 5.74) is 3.13. The average molecular weight is 487 g/mol. The molecule has 0 bridgehead atoms. The highest BCUT2D eigenvalue weighted by Gasteiger charge is 2.44. The van der Waals surface area contributed by atoms with Crippen LogP contribution in [0.2, 0.25) is 0 Å². The van der Waals surface area contributed by atoms with Crippen molar-refractivity contribution in [1.29, 1.82) is 0 Å². The van der Waals surface area contributed by atoms with E-state index in [0.717, 1.165) is 21.0 Å². The molecule has 10 heteroatoms. The molecule has 3 aromatic rings. The van der Waals surface area contributed by atoms with E-state index in [2.05, 4.69) is 5.16 Å². The van der Waals surface area contributed by atoms with Gasteiger partial charge < -0.3 is 19.1 Å². The second-order valence-corrected chi connectivity index (χ2v) is 10.1. The Labute approximate surface area is 197 Å². The zero-order chi connectivity index (χ0) is 24.5. The van der Waals surface area contributed by atoms with Crippen LogP contribution in [0.1, 0.15) is 23.3 Å². The Morgan fingerprint density at radius 2 is 1.88 bits per heavy atom. The number of nitrogens with zero attached hydrogens (tertiary/aromatic N) is 2. The maximum absolute atomic E-state index is 13.2. The molecule has 0 unspecified atom stereocenters. The number of ether oxygens (including phenoxy) is 2. The van der Waals surface area contributed by atoms with Gasteiger partial charge in [-0.05, 0) is 61.4 Å². The molecule has 1 aromatic heterocycles. The van der Waals surface area contributed by atoms with Crippen molar-refractivity contribution in [2.75, 3.05) is 13.7 Å². The Balaban J connectivity index is 1.45. The molecule has 0 aliphatic carbocycles.